The van der Waals surface area contributed by atoms with E-state index < -0.39 is 21.5 Å². The molecule has 0 unspecified atom stereocenters. The Morgan fingerprint density at radius 2 is 1.82 bits per heavy atom. The number of benzene rings is 2. The van der Waals surface area contributed by atoms with E-state index in [2.05, 4.69) is 5.32 Å². The van der Waals surface area contributed by atoms with E-state index in [1.807, 2.05) is 0 Å². The van der Waals surface area contributed by atoms with Crippen molar-refractivity contribution in [3.05, 3.63) is 60.2 Å². The van der Waals surface area contributed by atoms with Gasteiger partial charge in [-0.2, -0.15) is 0 Å². The standard InChI is InChI=1S/C29H38N2O6S/c1-22-29(28(33)30-21-23-9-4-2-5-10-23,17-20-38(34,35)26-11-6-3-7-12-26)31-27(37-22)24-13-15-25(16-14-24)36-19-8-18-32/h3,6-7,11-16,22-23,32H,2,4-5,8-10,17-21H2,1H3,(H,30,33)/t22-,29-/m1/s1. The molecule has 0 bridgehead atoms. The van der Waals surface area contributed by atoms with Gasteiger partial charge in [0, 0.05) is 25.1 Å². The second-order valence-corrected chi connectivity index (χ2v) is 12.3. The summed E-state index contributed by atoms with van der Waals surface area (Å²) in [5.41, 5.74) is -0.679. The molecule has 2 atom stereocenters. The van der Waals surface area contributed by atoms with E-state index >= 15 is 0 Å². The molecule has 2 aromatic rings. The third kappa shape index (κ3) is 6.74. The molecule has 0 saturated heterocycles. The smallest absolute Gasteiger partial charge is 0.251 e. The molecule has 1 heterocycles. The van der Waals surface area contributed by atoms with Crippen LogP contribution >= 0.6 is 0 Å². The summed E-state index contributed by atoms with van der Waals surface area (Å²) in [7, 11) is -3.62. The lowest BCUT2D eigenvalue weighted by Gasteiger charge is -2.29. The number of hydrogen-bond acceptors (Lipinski definition) is 7. The zero-order chi connectivity index (χ0) is 27.0. The minimum atomic E-state index is -3.62. The topological polar surface area (TPSA) is 114 Å². The summed E-state index contributed by atoms with van der Waals surface area (Å²) in [6.45, 7) is 2.80. The van der Waals surface area contributed by atoms with Crippen LogP contribution in [0, 0.1) is 5.92 Å². The maximum absolute atomic E-state index is 13.7. The summed E-state index contributed by atoms with van der Waals surface area (Å²) in [6, 6.07) is 15.5. The highest BCUT2D eigenvalue weighted by Gasteiger charge is 2.50. The van der Waals surface area contributed by atoms with Crippen LogP contribution in [0.25, 0.3) is 0 Å². The lowest BCUT2D eigenvalue weighted by molar-refractivity contribution is -0.128. The maximum Gasteiger partial charge on any atom is 0.251 e. The molecule has 1 amide bonds. The van der Waals surface area contributed by atoms with Gasteiger partial charge in [-0.25, -0.2) is 13.4 Å². The zero-order valence-corrected chi connectivity index (χ0v) is 22.8. The number of carbonyl (C=O) groups is 1. The average Bonchev–Trinajstić information content (AvgIpc) is 3.29. The molecule has 1 fully saturated rings. The summed E-state index contributed by atoms with van der Waals surface area (Å²) >= 11 is 0. The quantitative estimate of drug-likeness (QED) is 0.393. The number of nitrogens with one attached hydrogen (secondary N) is 1. The minimum Gasteiger partial charge on any atom is -0.494 e. The summed E-state index contributed by atoms with van der Waals surface area (Å²) in [5, 5.41) is 12.0. The highest BCUT2D eigenvalue weighted by Crippen LogP contribution is 2.34. The Balaban J connectivity index is 1.56. The number of aliphatic imine (C=N–C) groups is 1. The van der Waals surface area contributed by atoms with Gasteiger partial charge in [-0.3, -0.25) is 4.79 Å². The van der Waals surface area contributed by atoms with Gasteiger partial charge >= 0.3 is 0 Å². The molecule has 0 radical (unpaired) electrons. The van der Waals surface area contributed by atoms with Gasteiger partial charge in [-0.1, -0.05) is 37.5 Å². The number of amides is 1. The Morgan fingerprint density at radius 3 is 2.50 bits per heavy atom. The van der Waals surface area contributed by atoms with E-state index in [9.17, 15) is 13.2 Å². The molecule has 2 aliphatic rings. The van der Waals surface area contributed by atoms with Crippen LogP contribution in [0.4, 0.5) is 0 Å². The number of carbonyl (C=O) groups excluding carboxylic acids is 1. The molecular formula is C29H38N2O6S. The second kappa shape index (κ2) is 12.8. The first-order chi connectivity index (χ1) is 18.3. The number of ether oxygens (including phenoxy) is 2. The molecule has 8 nitrogen and oxygen atoms in total. The van der Waals surface area contributed by atoms with Crippen molar-refractivity contribution in [2.75, 3.05) is 25.5 Å². The number of hydrogen-bond donors (Lipinski definition) is 2. The number of aliphatic hydroxyl groups excluding tert-OH is 1. The van der Waals surface area contributed by atoms with Gasteiger partial charge in [0.05, 0.1) is 17.3 Å². The number of nitrogens with zero attached hydrogens (tertiary/aromatic N) is 1. The Bertz CT molecular complexity index is 1190. The Morgan fingerprint density at radius 1 is 1.11 bits per heavy atom. The van der Waals surface area contributed by atoms with E-state index in [4.69, 9.17) is 19.6 Å². The Labute approximate surface area is 225 Å². The molecule has 38 heavy (non-hydrogen) atoms. The highest BCUT2D eigenvalue weighted by atomic mass is 32.2. The fourth-order valence-corrected chi connectivity index (χ4v) is 6.46. The first kappa shape index (κ1) is 28.1. The predicted octanol–water partition coefficient (Wildman–Crippen LogP) is 3.91. The zero-order valence-electron chi connectivity index (χ0n) is 22.0. The maximum atomic E-state index is 13.7. The predicted molar refractivity (Wildman–Crippen MR) is 146 cm³/mol. The fourth-order valence-electron chi connectivity index (χ4n) is 5.07. The van der Waals surface area contributed by atoms with Crippen LogP contribution in [0.2, 0.25) is 0 Å². The van der Waals surface area contributed by atoms with Gasteiger partial charge in [0.15, 0.2) is 15.4 Å². The number of aliphatic hydroxyl groups is 1. The fraction of sp³-hybridized carbons (Fsp3) is 0.517. The van der Waals surface area contributed by atoms with Gasteiger partial charge in [-0.05, 0) is 68.5 Å². The van der Waals surface area contributed by atoms with Crippen molar-refractivity contribution < 1.29 is 27.8 Å². The molecule has 9 heteroatoms. The van der Waals surface area contributed by atoms with Crippen LogP contribution in [-0.2, 0) is 19.4 Å². The van der Waals surface area contributed by atoms with Gasteiger partial charge in [0.1, 0.15) is 11.9 Å². The van der Waals surface area contributed by atoms with E-state index in [0.717, 1.165) is 12.8 Å². The van der Waals surface area contributed by atoms with Crippen molar-refractivity contribution in [1.29, 1.82) is 0 Å². The van der Waals surface area contributed by atoms with Crippen molar-refractivity contribution in [3.63, 3.8) is 0 Å². The van der Waals surface area contributed by atoms with Crippen LogP contribution in [0.1, 0.15) is 57.4 Å². The van der Waals surface area contributed by atoms with Crippen LogP contribution in [-0.4, -0.2) is 62.5 Å². The normalized spacial score (nSPS) is 21.9. The van der Waals surface area contributed by atoms with Crippen LogP contribution in [0.3, 0.4) is 0 Å². The number of rotatable bonds is 12. The SMILES string of the molecule is C[C@H]1OC(c2ccc(OCCCO)cc2)=N[C@@]1(CCS(=O)(=O)c1ccccc1)C(=O)NCC1CCCCC1. The van der Waals surface area contributed by atoms with Crippen molar-refractivity contribution in [3.8, 4) is 5.75 Å². The third-order valence-corrected chi connectivity index (χ3v) is 9.19. The Hall–Kier alpha value is -2.91. The first-order valence-electron chi connectivity index (χ1n) is 13.5. The second-order valence-electron chi connectivity index (χ2n) is 10.1. The average molecular weight is 543 g/mol. The van der Waals surface area contributed by atoms with Crippen molar-refractivity contribution in [2.45, 2.75) is 68.4 Å². The van der Waals surface area contributed by atoms with E-state index in [0.29, 0.717) is 42.7 Å². The molecule has 0 spiro atoms. The molecule has 1 saturated carbocycles. The summed E-state index contributed by atoms with van der Waals surface area (Å²) in [5.74, 6) is 0.870. The van der Waals surface area contributed by atoms with Gasteiger partial charge in [-0.15, -0.1) is 0 Å². The van der Waals surface area contributed by atoms with Gasteiger partial charge in [0.25, 0.3) is 5.91 Å². The lowest BCUT2D eigenvalue weighted by Crippen LogP contribution is -2.52. The Kier molecular flexibility index (Phi) is 9.44. The minimum absolute atomic E-state index is 0.00769. The molecule has 0 aromatic heterocycles. The third-order valence-electron chi connectivity index (χ3n) is 7.46. The van der Waals surface area contributed by atoms with Crippen molar-refractivity contribution in [2.24, 2.45) is 10.9 Å². The molecule has 2 aromatic carbocycles. The number of sulfone groups is 1. The van der Waals surface area contributed by atoms with Crippen LogP contribution in [0.5, 0.6) is 5.75 Å². The monoisotopic (exact) mass is 542 g/mol. The molecule has 4 rings (SSSR count). The largest absolute Gasteiger partial charge is 0.494 e. The molecule has 1 aliphatic carbocycles. The molecule has 206 valence electrons. The van der Waals surface area contributed by atoms with Crippen molar-refractivity contribution in [1.82, 2.24) is 5.32 Å². The summed E-state index contributed by atoms with van der Waals surface area (Å²) in [6.07, 6.45) is 5.65. The van der Waals surface area contributed by atoms with Crippen LogP contribution < -0.4 is 10.1 Å². The van der Waals surface area contributed by atoms with Gasteiger partial charge in [0.2, 0.25) is 5.90 Å². The first-order valence-corrected chi connectivity index (χ1v) is 15.2. The van der Waals surface area contributed by atoms with Gasteiger partial charge < -0.3 is 19.9 Å². The molecule has 1 aliphatic heterocycles. The summed E-state index contributed by atoms with van der Waals surface area (Å²) < 4.78 is 37.9. The van der Waals surface area contributed by atoms with E-state index in [1.165, 1.54) is 19.3 Å². The highest BCUT2D eigenvalue weighted by molar-refractivity contribution is 7.91. The summed E-state index contributed by atoms with van der Waals surface area (Å²) in [4.78, 5) is 18.7. The molecular weight excluding hydrogens is 504 g/mol. The lowest BCUT2D eigenvalue weighted by atomic mass is 9.87. The van der Waals surface area contributed by atoms with E-state index in [-0.39, 0.29) is 29.6 Å². The van der Waals surface area contributed by atoms with E-state index in [1.54, 1.807) is 61.5 Å². The van der Waals surface area contributed by atoms with Crippen LogP contribution in [0.15, 0.2) is 64.5 Å². The molecule has 2 N–H and O–H groups in total. The van der Waals surface area contributed by atoms with Crippen molar-refractivity contribution >= 4 is 21.6 Å².